The lowest BCUT2D eigenvalue weighted by molar-refractivity contribution is 0.209. The second kappa shape index (κ2) is 4.05. The molecule has 0 spiro atoms. The van der Waals surface area contributed by atoms with Crippen molar-refractivity contribution >= 4 is 5.69 Å². The Morgan fingerprint density at radius 2 is 2.06 bits per heavy atom. The fraction of sp³-hybridized carbons (Fsp3) is 0.154. The van der Waals surface area contributed by atoms with Gasteiger partial charge in [0.05, 0.1) is 12.2 Å². The average molecular weight is 230 g/mol. The van der Waals surface area contributed by atoms with Crippen molar-refractivity contribution in [3.8, 4) is 5.75 Å². The molecule has 1 atom stereocenters. The van der Waals surface area contributed by atoms with E-state index in [2.05, 4.69) is 10.3 Å². The Kier molecular flexibility index (Phi) is 2.40. The van der Waals surface area contributed by atoms with Crippen molar-refractivity contribution in [1.82, 2.24) is 4.98 Å². The molecule has 0 amide bonds. The maximum absolute atomic E-state index is 13.1. The summed E-state index contributed by atoms with van der Waals surface area (Å²) in [5, 5.41) is 3.23. The molecule has 1 aliphatic rings. The normalized spacial score (nSPS) is 17.8. The highest BCUT2D eigenvalue weighted by atomic mass is 19.1. The van der Waals surface area contributed by atoms with E-state index in [4.69, 9.17) is 4.74 Å². The van der Waals surface area contributed by atoms with E-state index in [9.17, 15) is 4.39 Å². The first-order valence-electron chi connectivity index (χ1n) is 5.43. The summed E-state index contributed by atoms with van der Waals surface area (Å²) in [7, 11) is 0. The minimum atomic E-state index is -0.291. The molecule has 0 fully saturated rings. The number of hydrogen-bond donors (Lipinski definition) is 1. The number of nitrogens with zero attached hydrogens (tertiary/aromatic N) is 1. The molecule has 1 aromatic carbocycles. The Balaban J connectivity index is 1.90. The molecule has 3 nitrogen and oxygen atoms in total. The van der Waals surface area contributed by atoms with Crippen LogP contribution in [0, 0.1) is 5.82 Å². The maximum Gasteiger partial charge on any atom is 0.146 e. The SMILES string of the molecule is Fc1ccc2c(c1)OC(c1ccncc1)CN2. The van der Waals surface area contributed by atoms with Crippen LogP contribution in [-0.4, -0.2) is 11.5 Å². The van der Waals surface area contributed by atoms with Crippen LogP contribution in [0.4, 0.5) is 10.1 Å². The highest BCUT2D eigenvalue weighted by Crippen LogP contribution is 2.34. The van der Waals surface area contributed by atoms with Gasteiger partial charge in [-0.15, -0.1) is 0 Å². The van der Waals surface area contributed by atoms with Gasteiger partial charge in [-0.3, -0.25) is 4.98 Å². The number of fused-ring (bicyclic) bond motifs is 1. The molecular formula is C13H11FN2O. The van der Waals surface area contributed by atoms with Crippen LogP contribution < -0.4 is 10.1 Å². The standard InChI is InChI=1S/C13H11FN2O/c14-10-1-2-11-12(7-10)17-13(8-16-11)9-3-5-15-6-4-9/h1-7,13,16H,8H2. The van der Waals surface area contributed by atoms with Gasteiger partial charge >= 0.3 is 0 Å². The lowest BCUT2D eigenvalue weighted by atomic mass is 10.1. The Labute approximate surface area is 98.3 Å². The first kappa shape index (κ1) is 10.1. The van der Waals surface area contributed by atoms with Gasteiger partial charge in [0.2, 0.25) is 0 Å². The summed E-state index contributed by atoms with van der Waals surface area (Å²) in [6.07, 6.45) is 3.34. The van der Waals surface area contributed by atoms with E-state index in [1.54, 1.807) is 18.5 Å². The topological polar surface area (TPSA) is 34.1 Å². The van der Waals surface area contributed by atoms with Gasteiger partial charge in [-0.1, -0.05) is 0 Å². The lowest BCUT2D eigenvalue weighted by Gasteiger charge is -2.27. The highest BCUT2D eigenvalue weighted by molar-refractivity contribution is 5.58. The van der Waals surface area contributed by atoms with Gasteiger partial charge < -0.3 is 10.1 Å². The zero-order chi connectivity index (χ0) is 11.7. The summed E-state index contributed by atoms with van der Waals surface area (Å²) >= 11 is 0. The number of hydrogen-bond acceptors (Lipinski definition) is 3. The van der Waals surface area contributed by atoms with E-state index >= 15 is 0 Å². The van der Waals surface area contributed by atoms with Crippen molar-refractivity contribution < 1.29 is 9.13 Å². The lowest BCUT2D eigenvalue weighted by Crippen LogP contribution is -2.23. The molecular weight excluding hydrogens is 219 g/mol. The van der Waals surface area contributed by atoms with E-state index < -0.39 is 0 Å². The first-order valence-corrected chi connectivity index (χ1v) is 5.43. The minimum absolute atomic E-state index is 0.104. The fourth-order valence-corrected chi connectivity index (χ4v) is 1.90. The van der Waals surface area contributed by atoms with Crippen molar-refractivity contribution in [3.63, 3.8) is 0 Å². The van der Waals surface area contributed by atoms with E-state index in [0.717, 1.165) is 11.3 Å². The van der Waals surface area contributed by atoms with Crippen LogP contribution in [0.25, 0.3) is 0 Å². The van der Waals surface area contributed by atoms with Crippen molar-refractivity contribution in [3.05, 3.63) is 54.1 Å². The van der Waals surface area contributed by atoms with E-state index in [0.29, 0.717) is 12.3 Å². The summed E-state index contributed by atoms with van der Waals surface area (Å²) in [5.41, 5.74) is 1.86. The molecule has 0 saturated carbocycles. The molecule has 0 aliphatic carbocycles. The third-order valence-corrected chi connectivity index (χ3v) is 2.77. The van der Waals surface area contributed by atoms with Crippen LogP contribution in [0.5, 0.6) is 5.75 Å². The molecule has 4 heteroatoms. The number of ether oxygens (including phenoxy) is 1. The van der Waals surface area contributed by atoms with E-state index in [1.165, 1.54) is 12.1 Å². The molecule has 0 radical (unpaired) electrons. The zero-order valence-electron chi connectivity index (χ0n) is 9.06. The summed E-state index contributed by atoms with van der Waals surface area (Å²) in [5.74, 6) is 0.263. The number of rotatable bonds is 1. The number of aromatic nitrogens is 1. The molecule has 0 bridgehead atoms. The zero-order valence-corrected chi connectivity index (χ0v) is 9.06. The third kappa shape index (κ3) is 1.93. The molecule has 3 rings (SSSR count). The monoisotopic (exact) mass is 230 g/mol. The van der Waals surface area contributed by atoms with Crippen LogP contribution in [-0.2, 0) is 0 Å². The molecule has 86 valence electrons. The predicted octanol–water partition coefficient (Wildman–Crippen LogP) is 2.77. The second-order valence-electron chi connectivity index (χ2n) is 3.91. The Morgan fingerprint density at radius 3 is 2.88 bits per heavy atom. The van der Waals surface area contributed by atoms with Crippen LogP contribution in [0.1, 0.15) is 11.7 Å². The maximum atomic E-state index is 13.1. The van der Waals surface area contributed by atoms with Gasteiger partial charge in [0.15, 0.2) is 0 Å². The van der Waals surface area contributed by atoms with Crippen molar-refractivity contribution in [1.29, 1.82) is 0 Å². The number of pyridine rings is 1. The van der Waals surface area contributed by atoms with Crippen molar-refractivity contribution in [2.45, 2.75) is 6.10 Å². The molecule has 2 heterocycles. The second-order valence-corrected chi connectivity index (χ2v) is 3.91. The number of halogens is 1. The summed E-state index contributed by atoms with van der Waals surface area (Å²) < 4.78 is 18.9. The molecule has 1 N–H and O–H groups in total. The average Bonchev–Trinajstić information content (AvgIpc) is 2.39. The Bertz CT molecular complexity index is 530. The highest BCUT2D eigenvalue weighted by Gasteiger charge is 2.20. The number of nitrogens with one attached hydrogen (secondary N) is 1. The summed E-state index contributed by atoms with van der Waals surface area (Å²) in [4.78, 5) is 3.96. The van der Waals surface area contributed by atoms with Gasteiger partial charge in [0.25, 0.3) is 0 Å². The molecule has 0 saturated heterocycles. The molecule has 1 aliphatic heterocycles. The Hall–Kier alpha value is -2.10. The van der Waals surface area contributed by atoms with Crippen LogP contribution in [0.2, 0.25) is 0 Å². The predicted molar refractivity (Wildman–Crippen MR) is 62.5 cm³/mol. The van der Waals surface area contributed by atoms with Gasteiger partial charge in [0.1, 0.15) is 17.7 Å². The van der Waals surface area contributed by atoms with Crippen molar-refractivity contribution in [2.24, 2.45) is 0 Å². The minimum Gasteiger partial charge on any atom is -0.482 e. The van der Waals surface area contributed by atoms with Gasteiger partial charge in [-0.25, -0.2) is 4.39 Å². The van der Waals surface area contributed by atoms with Crippen LogP contribution in [0.15, 0.2) is 42.7 Å². The Morgan fingerprint density at radius 1 is 1.24 bits per heavy atom. The number of benzene rings is 1. The largest absolute Gasteiger partial charge is 0.482 e. The smallest absolute Gasteiger partial charge is 0.146 e. The fourth-order valence-electron chi connectivity index (χ4n) is 1.90. The van der Waals surface area contributed by atoms with Crippen LogP contribution in [0.3, 0.4) is 0 Å². The van der Waals surface area contributed by atoms with Gasteiger partial charge in [-0.2, -0.15) is 0 Å². The molecule has 1 unspecified atom stereocenters. The van der Waals surface area contributed by atoms with E-state index in [-0.39, 0.29) is 11.9 Å². The third-order valence-electron chi connectivity index (χ3n) is 2.77. The summed E-state index contributed by atoms with van der Waals surface area (Å²) in [6.45, 7) is 0.669. The summed E-state index contributed by atoms with van der Waals surface area (Å²) in [6, 6.07) is 8.30. The van der Waals surface area contributed by atoms with Gasteiger partial charge in [-0.05, 0) is 29.8 Å². The van der Waals surface area contributed by atoms with E-state index in [1.807, 2.05) is 12.1 Å². The first-order chi connectivity index (χ1) is 8.33. The quantitative estimate of drug-likeness (QED) is 0.818. The number of anilines is 1. The van der Waals surface area contributed by atoms with Crippen molar-refractivity contribution in [2.75, 3.05) is 11.9 Å². The molecule has 2 aromatic rings. The molecule has 17 heavy (non-hydrogen) atoms. The molecule has 1 aromatic heterocycles. The van der Waals surface area contributed by atoms with Crippen LogP contribution >= 0.6 is 0 Å². The van der Waals surface area contributed by atoms with Gasteiger partial charge in [0, 0.05) is 18.5 Å².